The number of hydrogen-bond donors (Lipinski definition) is 2. The van der Waals surface area contributed by atoms with Gasteiger partial charge in [-0.05, 0) is 59.2 Å². The molecule has 0 bridgehead atoms. The molecule has 1 aromatic carbocycles. The second kappa shape index (κ2) is 8.92. The molecule has 0 fully saturated rings. The molecule has 0 unspecified atom stereocenters. The van der Waals surface area contributed by atoms with Gasteiger partial charge in [-0.3, -0.25) is 4.79 Å². The maximum absolute atomic E-state index is 12.7. The highest BCUT2D eigenvalue weighted by atomic mass is 16.6. The largest absolute Gasteiger partial charge is 0.493 e. The lowest BCUT2D eigenvalue weighted by Gasteiger charge is -2.32. The van der Waals surface area contributed by atoms with Gasteiger partial charge in [-0.1, -0.05) is 19.9 Å². The molecule has 2 N–H and O–H groups in total. The number of fused-ring (bicyclic) bond motifs is 1. The second-order valence-electron chi connectivity index (χ2n) is 10.6. The number of aromatic nitrogens is 1. The monoisotopic (exact) mass is 455 g/mol. The highest BCUT2D eigenvalue weighted by Crippen LogP contribution is 2.40. The Hall–Kier alpha value is -3.29. The van der Waals surface area contributed by atoms with Crippen LogP contribution in [0.15, 0.2) is 36.5 Å². The molecule has 0 aliphatic carbocycles. The molecule has 8 heteroatoms. The van der Waals surface area contributed by atoms with Crippen LogP contribution in [0.4, 0.5) is 10.5 Å². The van der Waals surface area contributed by atoms with Crippen LogP contribution in [0.5, 0.6) is 17.4 Å². The van der Waals surface area contributed by atoms with Gasteiger partial charge >= 0.3 is 6.09 Å². The number of benzene rings is 1. The predicted octanol–water partition coefficient (Wildman–Crippen LogP) is 5.08. The van der Waals surface area contributed by atoms with Crippen LogP contribution >= 0.6 is 0 Å². The van der Waals surface area contributed by atoms with Gasteiger partial charge in [0, 0.05) is 17.0 Å². The van der Waals surface area contributed by atoms with Gasteiger partial charge in [0.2, 0.25) is 11.8 Å². The van der Waals surface area contributed by atoms with Gasteiger partial charge in [-0.15, -0.1) is 0 Å². The zero-order chi connectivity index (χ0) is 24.4. The number of carbonyl (C=O) groups excluding carboxylic acids is 2. The molecule has 0 atom stereocenters. The third-order valence-electron chi connectivity index (χ3n) is 4.95. The Morgan fingerprint density at radius 2 is 1.82 bits per heavy atom. The van der Waals surface area contributed by atoms with E-state index in [1.807, 2.05) is 18.2 Å². The van der Waals surface area contributed by atoms with E-state index in [9.17, 15) is 9.59 Å². The van der Waals surface area contributed by atoms with Crippen molar-refractivity contribution in [3.05, 3.63) is 42.1 Å². The summed E-state index contributed by atoms with van der Waals surface area (Å²) >= 11 is 0. The molecule has 1 aromatic heterocycles. The first-order valence-electron chi connectivity index (χ1n) is 11.0. The lowest BCUT2D eigenvalue weighted by molar-refractivity contribution is -0.121. The Morgan fingerprint density at radius 3 is 2.45 bits per heavy atom. The minimum atomic E-state index is -1.19. The van der Waals surface area contributed by atoms with Crippen molar-refractivity contribution in [1.82, 2.24) is 10.3 Å². The van der Waals surface area contributed by atoms with Crippen molar-refractivity contribution < 1.29 is 23.8 Å². The quantitative estimate of drug-likeness (QED) is 0.653. The fourth-order valence-electron chi connectivity index (χ4n) is 3.28. The summed E-state index contributed by atoms with van der Waals surface area (Å²) in [6.07, 6.45) is 1.68. The van der Waals surface area contributed by atoms with Crippen LogP contribution in [-0.2, 0) is 16.0 Å². The van der Waals surface area contributed by atoms with Gasteiger partial charge in [-0.25, -0.2) is 9.78 Å². The smallest absolute Gasteiger partial charge is 0.408 e. The van der Waals surface area contributed by atoms with E-state index in [1.54, 1.807) is 46.8 Å². The standard InChI is InChI=1S/C25H33N3O5/c1-23(2,3)33-22(30)28-25(6,7)21(29)27-16-11-12-20(26-14-16)32-19-10-8-9-18-17(19)13-24(4,5)15-31-18/h8-12,14H,13,15H2,1-7H3,(H,27,29)(H,28,30). The van der Waals surface area contributed by atoms with Crippen LogP contribution in [0.25, 0.3) is 0 Å². The third-order valence-corrected chi connectivity index (χ3v) is 4.95. The first kappa shape index (κ1) is 24.4. The number of carbonyl (C=O) groups is 2. The number of anilines is 1. The molecule has 8 nitrogen and oxygen atoms in total. The van der Waals surface area contributed by atoms with E-state index in [2.05, 4.69) is 29.5 Å². The summed E-state index contributed by atoms with van der Waals surface area (Å²) in [5.41, 5.74) is -0.327. The molecule has 1 aliphatic rings. The molecule has 33 heavy (non-hydrogen) atoms. The molecule has 2 aromatic rings. The zero-order valence-corrected chi connectivity index (χ0v) is 20.4. The van der Waals surface area contributed by atoms with Gasteiger partial charge in [0.15, 0.2) is 0 Å². The summed E-state index contributed by atoms with van der Waals surface area (Å²) in [6.45, 7) is 13.4. The minimum absolute atomic E-state index is 0.0220. The van der Waals surface area contributed by atoms with E-state index < -0.39 is 23.1 Å². The molecule has 1 aliphatic heterocycles. The number of amides is 2. The van der Waals surface area contributed by atoms with Crippen LogP contribution in [0.3, 0.4) is 0 Å². The van der Waals surface area contributed by atoms with Gasteiger partial charge < -0.3 is 24.8 Å². The molecular weight excluding hydrogens is 422 g/mol. The van der Waals surface area contributed by atoms with Crippen molar-refractivity contribution >= 4 is 17.7 Å². The van der Waals surface area contributed by atoms with Crippen molar-refractivity contribution in [3.8, 4) is 17.4 Å². The van der Waals surface area contributed by atoms with Crippen molar-refractivity contribution in [2.45, 2.75) is 66.0 Å². The molecular formula is C25H33N3O5. The molecule has 2 amide bonds. The number of nitrogens with zero attached hydrogens (tertiary/aromatic N) is 1. The molecule has 0 spiro atoms. The number of ether oxygens (including phenoxy) is 3. The Labute approximate surface area is 195 Å². The van der Waals surface area contributed by atoms with Crippen LogP contribution in [0, 0.1) is 5.41 Å². The van der Waals surface area contributed by atoms with E-state index in [1.165, 1.54) is 6.20 Å². The van der Waals surface area contributed by atoms with Gasteiger partial charge in [-0.2, -0.15) is 0 Å². The molecule has 0 saturated heterocycles. The molecule has 178 valence electrons. The summed E-state index contributed by atoms with van der Waals surface area (Å²) in [5.74, 6) is 1.53. The number of rotatable bonds is 5. The number of hydrogen-bond acceptors (Lipinski definition) is 6. The Balaban J connectivity index is 1.64. The van der Waals surface area contributed by atoms with Gasteiger partial charge in [0.05, 0.1) is 18.5 Å². The van der Waals surface area contributed by atoms with E-state index in [-0.39, 0.29) is 5.41 Å². The van der Waals surface area contributed by atoms with Crippen LogP contribution in [-0.4, -0.2) is 34.7 Å². The van der Waals surface area contributed by atoms with E-state index in [0.717, 1.165) is 17.7 Å². The fourth-order valence-corrected chi connectivity index (χ4v) is 3.28. The van der Waals surface area contributed by atoms with Crippen LogP contribution in [0.1, 0.15) is 54.0 Å². The van der Waals surface area contributed by atoms with Crippen LogP contribution < -0.4 is 20.1 Å². The normalized spacial score (nSPS) is 15.0. The minimum Gasteiger partial charge on any atom is -0.493 e. The zero-order valence-electron chi connectivity index (χ0n) is 20.4. The Morgan fingerprint density at radius 1 is 1.09 bits per heavy atom. The predicted molar refractivity (Wildman–Crippen MR) is 126 cm³/mol. The van der Waals surface area contributed by atoms with Crippen molar-refractivity contribution in [2.75, 3.05) is 11.9 Å². The second-order valence-corrected chi connectivity index (χ2v) is 10.6. The van der Waals surface area contributed by atoms with Gasteiger partial charge in [0.25, 0.3) is 0 Å². The maximum atomic E-state index is 12.7. The van der Waals surface area contributed by atoms with E-state index >= 15 is 0 Å². The SMILES string of the molecule is CC1(C)COc2cccc(Oc3ccc(NC(=O)C(C)(C)NC(=O)OC(C)(C)C)cn3)c2C1. The maximum Gasteiger partial charge on any atom is 0.408 e. The van der Waals surface area contributed by atoms with Crippen molar-refractivity contribution in [2.24, 2.45) is 5.41 Å². The molecule has 2 heterocycles. The fraction of sp³-hybridized carbons (Fsp3) is 0.480. The van der Waals surface area contributed by atoms with Gasteiger partial charge in [0.1, 0.15) is 22.6 Å². The summed E-state index contributed by atoms with van der Waals surface area (Å²) in [4.78, 5) is 29.0. The Bertz CT molecular complexity index is 1020. The summed E-state index contributed by atoms with van der Waals surface area (Å²) in [6, 6.07) is 9.10. The summed E-state index contributed by atoms with van der Waals surface area (Å²) < 4.78 is 17.1. The number of pyridine rings is 1. The third kappa shape index (κ3) is 6.60. The summed E-state index contributed by atoms with van der Waals surface area (Å²) in [7, 11) is 0. The topological polar surface area (TPSA) is 98.8 Å². The Kier molecular flexibility index (Phi) is 6.58. The van der Waals surface area contributed by atoms with E-state index in [0.29, 0.717) is 23.9 Å². The highest BCUT2D eigenvalue weighted by Gasteiger charge is 2.32. The number of alkyl carbamates (subject to hydrolysis) is 1. The average Bonchev–Trinajstić information content (AvgIpc) is 2.67. The number of nitrogens with one attached hydrogen (secondary N) is 2. The van der Waals surface area contributed by atoms with E-state index in [4.69, 9.17) is 14.2 Å². The lowest BCUT2D eigenvalue weighted by atomic mass is 9.84. The molecule has 0 radical (unpaired) electrons. The summed E-state index contributed by atoms with van der Waals surface area (Å²) in [5, 5.41) is 5.34. The molecule has 0 saturated carbocycles. The lowest BCUT2D eigenvalue weighted by Crippen LogP contribution is -2.53. The highest BCUT2D eigenvalue weighted by molar-refractivity contribution is 5.99. The average molecular weight is 456 g/mol. The first-order valence-corrected chi connectivity index (χ1v) is 11.0. The molecule has 3 rings (SSSR count). The first-order chi connectivity index (χ1) is 15.2. The van der Waals surface area contributed by atoms with Crippen molar-refractivity contribution in [1.29, 1.82) is 0 Å². The van der Waals surface area contributed by atoms with Crippen molar-refractivity contribution in [3.63, 3.8) is 0 Å². The van der Waals surface area contributed by atoms with Crippen LogP contribution in [0.2, 0.25) is 0 Å².